The summed E-state index contributed by atoms with van der Waals surface area (Å²) in [5.41, 5.74) is 1.29. The van der Waals surface area contributed by atoms with E-state index in [1.807, 2.05) is 6.20 Å². The van der Waals surface area contributed by atoms with Gasteiger partial charge in [0, 0.05) is 37.6 Å². The van der Waals surface area contributed by atoms with Gasteiger partial charge in [-0.15, -0.1) is 0 Å². The maximum absolute atomic E-state index is 3.62. The Hall–Kier alpha value is -0.840. The van der Waals surface area contributed by atoms with E-state index in [0.717, 1.165) is 19.6 Å². The van der Waals surface area contributed by atoms with E-state index in [2.05, 4.69) is 53.4 Å². The van der Waals surface area contributed by atoms with Crippen LogP contribution in [0.25, 0.3) is 0 Å². The van der Waals surface area contributed by atoms with E-state index in [9.17, 15) is 0 Å². The lowest BCUT2D eigenvalue weighted by Gasteiger charge is -2.38. The average Bonchev–Trinajstić information content (AvgIpc) is 2.71. The second-order valence-corrected chi connectivity index (χ2v) is 4.86. The number of aromatic nitrogens is 1. The molecule has 2 heterocycles. The lowest BCUT2D eigenvalue weighted by atomic mass is 10.0. The van der Waals surface area contributed by atoms with E-state index in [1.54, 1.807) is 0 Å². The zero-order valence-corrected chi connectivity index (χ0v) is 10.4. The lowest BCUT2D eigenvalue weighted by Crippen LogP contribution is -2.54. The summed E-state index contributed by atoms with van der Waals surface area (Å²) in [5.74, 6) is 0. The first-order chi connectivity index (χ1) is 7.68. The van der Waals surface area contributed by atoms with Crippen molar-refractivity contribution in [2.75, 3.05) is 40.8 Å². The first-order valence-corrected chi connectivity index (χ1v) is 5.90. The van der Waals surface area contributed by atoms with E-state index in [-0.39, 0.29) is 0 Å². The minimum atomic E-state index is 0.415. The van der Waals surface area contributed by atoms with Crippen LogP contribution in [-0.2, 0) is 0 Å². The van der Waals surface area contributed by atoms with E-state index in [4.69, 9.17) is 0 Å². The summed E-state index contributed by atoms with van der Waals surface area (Å²) in [6, 6.07) is 5.14. The molecule has 2 rings (SSSR count). The molecule has 2 unspecified atom stereocenters. The number of piperazine rings is 1. The van der Waals surface area contributed by atoms with Crippen LogP contribution in [0.15, 0.2) is 18.3 Å². The standard InChI is InChI=1S/C12H22N4/c1-15(2)12(10-5-4-6-13-10)11-9-16(3)8-7-14-11/h4-6,11-14H,7-9H2,1-3H3. The van der Waals surface area contributed by atoms with Crippen molar-refractivity contribution >= 4 is 0 Å². The van der Waals surface area contributed by atoms with Crippen LogP contribution in [-0.4, -0.2) is 61.6 Å². The Morgan fingerprint density at radius 3 is 2.88 bits per heavy atom. The molecular weight excluding hydrogens is 200 g/mol. The molecule has 2 N–H and O–H groups in total. The molecule has 0 aliphatic carbocycles. The number of nitrogens with zero attached hydrogens (tertiary/aromatic N) is 2. The number of nitrogens with one attached hydrogen (secondary N) is 2. The second kappa shape index (κ2) is 4.99. The third kappa shape index (κ3) is 2.45. The summed E-state index contributed by atoms with van der Waals surface area (Å²) in [7, 11) is 6.47. The Morgan fingerprint density at radius 2 is 2.31 bits per heavy atom. The zero-order chi connectivity index (χ0) is 11.5. The van der Waals surface area contributed by atoms with Gasteiger partial charge in [-0.1, -0.05) is 0 Å². The van der Waals surface area contributed by atoms with Crippen LogP contribution >= 0.6 is 0 Å². The van der Waals surface area contributed by atoms with Crippen LogP contribution in [0.1, 0.15) is 11.7 Å². The molecule has 1 fully saturated rings. The van der Waals surface area contributed by atoms with Crippen LogP contribution in [0.3, 0.4) is 0 Å². The minimum Gasteiger partial charge on any atom is -0.364 e. The average molecular weight is 222 g/mol. The fourth-order valence-corrected chi connectivity index (χ4v) is 2.53. The van der Waals surface area contributed by atoms with Gasteiger partial charge in [-0.05, 0) is 33.3 Å². The molecule has 0 radical (unpaired) electrons. The number of aromatic amines is 1. The molecule has 1 saturated heterocycles. The van der Waals surface area contributed by atoms with Gasteiger partial charge in [0.1, 0.15) is 0 Å². The molecule has 90 valence electrons. The summed E-state index contributed by atoms with van der Waals surface area (Å²) in [5, 5.41) is 3.62. The van der Waals surface area contributed by atoms with Gasteiger partial charge < -0.3 is 15.2 Å². The van der Waals surface area contributed by atoms with Gasteiger partial charge in [-0.25, -0.2) is 0 Å². The monoisotopic (exact) mass is 222 g/mol. The van der Waals surface area contributed by atoms with Crippen LogP contribution in [0, 0.1) is 0 Å². The van der Waals surface area contributed by atoms with Crippen molar-refractivity contribution in [3.63, 3.8) is 0 Å². The van der Waals surface area contributed by atoms with Crippen molar-refractivity contribution in [1.82, 2.24) is 20.1 Å². The number of hydrogen-bond acceptors (Lipinski definition) is 3. The lowest BCUT2D eigenvalue weighted by molar-refractivity contribution is 0.152. The van der Waals surface area contributed by atoms with Crippen molar-refractivity contribution in [2.45, 2.75) is 12.1 Å². The fourth-order valence-electron chi connectivity index (χ4n) is 2.53. The third-order valence-electron chi connectivity index (χ3n) is 3.29. The van der Waals surface area contributed by atoms with Crippen LogP contribution < -0.4 is 5.32 Å². The quantitative estimate of drug-likeness (QED) is 0.782. The normalized spacial score (nSPS) is 24.9. The highest BCUT2D eigenvalue weighted by Crippen LogP contribution is 2.22. The summed E-state index contributed by atoms with van der Waals surface area (Å²) in [4.78, 5) is 8.00. The Morgan fingerprint density at radius 1 is 1.50 bits per heavy atom. The summed E-state index contributed by atoms with van der Waals surface area (Å²) >= 11 is 0. The molecule has 0 amide bonds. The van der Waals surface area contributed by atoms with Crippen molar-refractivity contribution in [3.8, 4) is 0 Å². The van der Waals surface area contributed by atoms with Crippen LogP contribution in [0.4, 0.5) is 0 Å². The van der Waals surface area contributed by atoms with Gasteiger partial charge in [0.15, 0.2) is 0 Å². The predicted molar refractivity (Wildman–Crippen MR) is 66.5 cm³/mol. The van der Waals surface area contributed by atoms with Gasteiger partial charge in [0.05, 0.1) is 6.04 Å². The summed E-state index contributed by atoms with van der Waals surface area (Å²) < 4.78 is 0. The van der Waals surface area contributed by atoms with Gasteiger partial charge in [-0.3, -0.25) is 4.90 Å². The number of H-pyrrole nitrogens is 1. The van der Waals surface area contributed by atoms with Crippen LogP contribution in [0.5, 0.6) is 0 Å². The zero-order valence-electron chi connectivity index (χ0n) is 10.4. The Labute approximate surface area is 97.6 Å². The summed E-state index contributed by atoms with van der Waals surface area (Å²) in [6.45, 7) is 3.31. The highest BCUT2D eigenvalue weighted by molar-refractivity contribution is 5.12. The maximum atomic E-state index is 3.62. The van der Waals surface area contributed by atoms with Crippen LogP contribution in [0.2, 0.25) is 0 Å². The van der Waals surface area contributed by atoms with Gasteiger partial charge in [0.25, 0.3) is 0 Å². The van der Waals surface area contributed by atoms with E-state index in [1.165, 1.54) is 5.69 Å². The van der Waals surface area contributed by atoms with E-state index >= 15 is 0 Å². The molecule has 1 aliphatic heterocycles. The molecule has 1 aliphatic rings. The fraction of sp³-hybridized carbons (Fsp3) is 0.667. The van der Waals surface area contributed by atoms with Crippen molar-refractivity contribution < 1.29 is 0 Å². The van der Waals surface area contributed by atoms with E-state index in [0.29, 0.717) is 12.1 Å². The Kier molecular flexibility index (Phi) is 3.63. The van der Waals surface area contributed by atoms with Gasteiger partial charge in [0.2, 0.25) is 0 Å². The highest BCUT2D eigenvalue weighted by Gasteiger charge is 2.28. The SMILES string of the molecule is CN1CCNC(C(c2ccc[nH]2)N(C)C)C1. The molecule has 0 aromatic carbocycles. The molecule has 0 bridgehead atoms. The van der Waals surface area contributed by atoms with Crippen molar-refractivity contribution in [1.29, 1.82) is 0 Å². The molecule has 1 aromatic rings. The molecule has 4 heteroatoms. The number of rotatable bonds is 3. The topological polar surface area (TPSA) is 34.3 Å². The molecule has 4 nitrogen and oxygen atoms in total. The molecule has 1 aromatic heterocycles. The molecular formula is C12H22N4. The molecule has 16 heavy (non-hydrogen) atoms. The smallest absolute Gasteiger partial charge is 0.0661 e. The Balaban J connectivity index is 2.13. The molecule has 0 spiro atoms. The number of hydrogen-bond donors (Lipinski definition) is 2. The first kappa shape index (κ1) is 11.6. The minimum absolute atomic E-state index is 0.415. The van der Waals surface area contributed by atoms with Crippen molar-refractivity contribution in [2.24, 2.45) is 0 Å². The van der Waals surface area contributed by atoms with Crippen molar-refractivity contribution in [3.05, 3.63) is 24.0 Å². The highest BCUT2D eigenvalue weighted by atomic mass is 15.2. The van der Waals surface area contributed by atoms with Gasteiger partial charge in [-0.2, -0.15) is 0 Å². The largest absolute Gasteiger partial charge is 0.364 e. The predicted octanol–water partition coefficient (Wildman–Crippen LogP) is 0.521. The molecule has 0 saturated carbocycles. The molecule has 2 atom stereocenters. The van der Waals surface area contributed by atoms with Gasteiger partial charge >= 0.3 is 0 Å². The second-order valence-electron chi connectivity index (χ2n) is 4.86. The first-order valence-electron chi connectivity index (χ1n) is 5.90. The van der Waals surface area contributed by atoms with E-state index < -0.39 is 0 Å². The maximum Gasteiger partial charge on any atom is 0.0661 e. The summed E-state index contributed by atoms with van der Waals surface area (Å²) in [6.07, 6.45) is 2.00. The Bertz CT molecular complexity index is 307. The third-order valence-corrected chi connectivity index (χ3v) is 3.29. The number of likely N-dealkylation sites (N-methyl/N-ethyl adjacent to an activating group) is 2.